The number of benzene rings is 1. The van der Waals surface area contributed by atoms with E-state index in [1.165, 1.54) is 16.7 Å². The summed E-state index contributed by atoms with van der Waals surface area (Å²) in [6.07, 6.45) is 0. The van der Waals surface area contributed by atoms with Crippen LogP contribution in [0.15, 0.2) is 18.2 Å². The minimum absolute atomic E-state index is 0.576. The van der Waals surface area contributed by atoms with Crippen LogP contribution in [0.25, 0.3) is 0 Å². The van der Waals surface area contributed by atoms with Gasteiger partial charge < -0.3 is 0 Å². The van der Waals surface area contributed by atoms with Gasteiger partial charge in [0.1, 0.15) is 0 Å². The van der Waals surface area contributed by atoms with E-state index < -0.39 is 0 Å². The van der Waals surface area contributed by atoms with Gasteiger partial charge in [-0.05, 0) is 19.4 Å². The number of aryl methyl sites for hydroxylation is 2. The first-order chi connectivity index (χ1) is 6.22. The van der Waals surface area contributed by atoms with Crippen LogP contribution in [0.2, 0.25) is 0 Å². The van der Waals surface area contributed by atoms with E-state index in [0.717, 1.165) is 5.75 Å². The molecule has 2 heteroatoms. The topological polar surface area (TPSA) is 23.8 Å². The van der Waals surface area contributed by atoms with Crippen molar-refractivity contribution in [2.24, 2.45) is 0 Å². The summed E-state index contributed by atoms with van der Waals surface area (Å²) in [5.74, 6) is 1.52. The van der Waals surface area contributed by atoms with E-state index in [0.29, 0.717) is 5.75 Å². The molecule has 0 aliphatic rings. The molecule has 0 saturated carbocycles. The Morgan fingerprint density at radius 3 is 2.38 bits per heavy atom. The third kappa shape index (κ3) is 3.52. The summed E-state index contributed by atoms with van der Waals surface area (Å²) >= 11 is 1.66. The van der Waals surface area contributed by atoms with Crippen molar-refractivity contribution in [1.82, 2.24) is 0 Å². The Balaban J connectivity index is 2.62. The molecule has 0 fully saturated rings. The summed E-state index contributed by atoms with van der Waals surface area (Å²) < 4.78 is 0. The number of hydrogen-bond acceptors (Lipinski definition) is 2. The number of nitriles is 1. The lowest BCUT2D eigenvalue weighted by molar-refractivity contribution is 1.30. The molecule has 0 spiro atoms. The van der Waals surface area contributed by atoms with E-state index in [9.17, 15) is 0 Å². The SMILES string of the molecule is Cc1cc(C)cc(CSCC#N)c1. The second-order valence-electron chi connectivity index (χ2n) is 3.15. The highest BCUT2D eigenvalue weighted by Gasteiger charge is 1.95. The van der Waals surface area contributed by atoms with E-state index in [1.807, 2.05) is 0 Å². The fourth-order valence-corrected chi connectivity index (χ4v) is 1.96. The predicted octanol–water partition coefficient (Wildman–Crippen LogP) is 3.06. The van der Waals surface area contributed by atoms with Crippen LogP contribution in [-0.2, 0) is 5.75 Å². The Morgan fingerprint density at radius 1 is 1.23 bits per heavy atom. The number of thioether (sulfide) groups is 1. The second kappa shape index (κ2) is 4.94. The summed E-state index contributed by atoms with van der Waals surface area (Å²) in [5, 5.41) is 8.38. The smallest absolute Gasteiger partial charge is 0.0811 e. The Hall–Kier alpha value is -0.940. The summed E-state index contributed by atoms with van der Waals surface area (Å²) in [7, 11) is 0. The van der Waals surface area contributed by atoms with Crippen LogP contribution in [-0.4, -0.2) is 5.75 Å². The van der Waals surface area contributed by atoms with Crippen LogP contribution in [0.1, 0.15) is 16.7 Å². The van der Waals surface area contributed by atoms with E-state index in [-0.39, 0.29) is 0 Å². The minimum atomic E-state index is 0.576. The quantitative estimate of drug-likeness (QED) is 0.686. The second-order valence-corrected chi connectivity index (χ2v) is 4.13. The van der Waals surface area contributed by atoms with Gasteiger partial charge in [0, 0.05) is 5.75 Å². The van der Waals surface area contributed by atoms with Crippen molar-refractivity contribution in [3.05, 3.63) is 34.9 Å². The summed E-state index contributed by atoms with van der Waals surface area (Å²) in [5.41, 5.74) is 3.91. The lowest BCUT2D eigenvalue weighted by Crippen LogP contribution is -1.85. The highest BCUT2D eigenvalue weighted by Crippen LogP contribution is 2.15. The van der Waals surface area contributed by atoms with Crippen molar-refractivity contribution in [3.63, 3.8) is 0 Å². The molecule has 0 amide bonds. The van der Waals surface area contributed by atoms with Crippen molar-refractivity contribution in [2.75, 3.05) is 5.75 Å². The maximum atomic E-state index is 8.38. The third-order valence-corrected chi connectivity index (χ3v) is 2.59. The van der Waals surface area contributed by atoms with Gasteiger partial charge in [0.15, 0.2) is 0 Å². The zero-order valence-electron chi connectivity index (χ0n) is 8.00. The molecule has 13 heavy (non-hydrogen) atoms. The highest BCUT2D eigenvalue weighted by atomic mass is 32.2. The Kier molecular flexibility index (Phi) is 3.85. The van der Waals surface area contributed by atoms with E-state index in [2.05, 4.69) is 38.1 Å². The predicted molar refractivity (Wildman–Crippen MR) is 57.7 cm³/mol. The first-order valence-electron chi connectivity index (χ1n) is 4.24. The maximum absolute atomic E-state index is 8.38. The van der Waals surface area contributed by atoms with Crippen molar-refractivity contribution in [2.45, 2.75) is 19.6 Å². The molecule has 1 nitrogen and oxygen atoms in total. The summed E-state index contributed by atoms with van der Waals surface area (Å²) in [6, 6.07) is 8.65. The van der Waals surface area contributed by atoms with Crippen LogP contribution in [0.5, 0.6) is 0 Å². The zero-order chi connectivity index (χ0) is 9.68. The molecule has 1 aromatic carbocycles. The molecule has 0 unspecified atom stereocenters. The molecule has 0 atom stereocenters. The Labute approximate surface area is 83.8 Å². The lowest BCUT2D eigenvalue weighted by Gasteiger charge is -2.02. The molecule has 1 rings (SSSR count). The first kappa shape index (κ1) is 10.1. The summed E-state index contributed by atoms with van der Waals surface area (Å²) in [6.45, 7) is 4.21. The molecular formula is C11H13NS. The Morgan fingerprint density at radius 2 is 1.85 bits per heavy atom. The van der Waals surface area contributed by atoms with Crippen LogP contribution < -0.4 is 0 Å². The van der Waals surface area contributed by atoms with Gasteiger partial charge in [-0.2, -0.15) is 5.26 Å². The largest absolute Gasteiger partial charge is 0.197 e. The molecule has 0 radical (unpaired) electrons. The first-order valence-corrected chi connectivity index (χ1v) is 5.39. The molecule has 0 bridgehead atoms. The van der Waals surface area contributed by atoms with Gasteiger partial charge in [-0.1, -0.05) is 29.3 Å². The van der Waals surface area contributed by atoms with Gasteiger partial charge in [-0.3, -0.25) is 0 Å². The standard InChI is InChI=1S/C11H13NS/c1-9-5-10(2)7-11(6-9)8-13-4-3-12/h5-7H,4,8H2,1-2H3. The van der Waals surface area contributed by atoms with E-state index in [1.54, 1.807) is 11.8 Å². The molecule has 1 aromatic rings. The normalized spacial score (nSPS) is 9.62. The average Bonchev–Trinajstić information content (AvgIpc) is 2.03. The van der Waals surface area contributed by atoms with Crippen LogP contribution >= 0.6 is 11.8 Å². The molecular weight excluding hydrogens is 178 g/mol. The fraction of sp³-hybridized carbons (Fsp3) is 0.364. The van der Waals surface area contributed by atoms with Crippen molar-refractivity contribution < 1.29 is 0 Å². The number of rotatable bonds is 3. The van der Waals surface area contributed by atoms with Gasteiger partial charge >= 0.3 is 0 Å². The molecule has 68 valence electrons. The zero-order valence-corrected chi connectivity index (χ0v) is 8.82. The van der Waals surface area contributed by atoms with E-state index >= 15 is 0 Å². The third-order valence-electron chi connectivity index (χ3n) is 1.72. The van der Waals surface area contributed by atoms with Crippen LogP contribution in [0.3, 0.4) is 0 Å². The van der Waals surface area contributed by atoms with Crippen LogP contribution in [0, 0.1) is 25.2 Å². The van der Waals surface area contributed by atoms with Gasteiger partial charge in [0.25, 0.3) is 0 Å². The van der Waals surface area contributed by atoms with Gasteiger partial charge in [-0.15, -0.1) is 11.8 Å². The molecule has 0 heterocycles. The van der Waals surface area contributed by atoms with Crippen molar-refractivity contribution >= 4 is 11.8 Å². The summed E-state index contributed by atoms with van der Waals surface area (Å²) in [4.78, 5) is 0. The minimum Gasteiger partial charge on any atom is -0.197 e. The molecule has 0 N–H and O–H groups in total. The van der Waals surface area contributed by atoms with Gasteiger partial charge in [-0.25, -0.2) is 0 Å². The lowest BCUT2D eigenvalue weighted by atomic mass is 10.1. The van der Waals surface area contributed by atoms with Crippen molar-refractivity contribution in [1.29, 1.82) is 5.26 Å². The fourth-order valence-electron chi connectivity index (χ4n) is 1.37. The molecule has 0 aliphatic heterocycles. The van der Waals surface area contributed by atoms with Gasteiger partial charge in [0.05, 0.1) is 11.8 Å². The van der Waals surface area contributed by atoms with Crippen LogP contribution in [0.4, 0.5) is 0 Å². The molecule has 0 saturated heterocycles. The van der Waals surface area contributed by atoms with Crippen molar-refractivity contribution in [3.8, 4) is 6.07 Å². The molecule has 0 aliphatic carbocycles. The monoisotopic (exact) mass is 191 g/mol. The van der Waals surface area contributed by atoms with Gasteiger partial charge in [0.2, 0.25) is 0 Å². The average molecular weight is 191 g/mol. The van der Waals surface area contributed by atoms with E-state index in [4.69, 9.17) is 5.26 Å². The number of nitrogens with zero attached hydrogens (tertiary/aromatic N) is 1. The number of hydrogen-bond donors (Lipinski definition) is 0. The molecule has 0 aromatic heterocycles. The maximum Gasteiger partial charge on any atom is 0.0811 e. The Bertz CT molecular complexity index is 305. The highest BCUT2D eigenvalue weighted by molar-refractivity contribution is 7.98.